The number of carbonyl (C=O) groups is 1. The summed E-state index contributed by atoms with van der Waals surface area (Å²) in [5, 5.41) is 17.5. The number of nitrogens with zero attached hydrogens (tertiary/aromatic N) is 3. The fourth-order valence-corrected chi connectivity index (χ4v) is 3.78. The molecule has 0 spiro atoms. The lowest BCUT2D eigenvalue weighted by molar-refractivity contribution is 0.0697. The van der Waals surface area contributed by atoms with Crippen LogP contribution in [0.4, 0.5) is 0 Å². The van der Waals surface area contributed by atoms with Crippen molar-refractivity contribution in [1.29, 1.82) is 0 Å². The maximum absolute atomic E-state index is 11.4. The number of aryl methyl sites for hydroxylation is 1. The van der Waals surface area contributed by atoms with Crippen LogP contribution in [-0.4, -0.2) is 39.3 Å². The molecule has 0 aliphatic carbocycles. The molecule has 0 saturated carbocycles. The number of carboxylic acid groups (broad SMARTS) is 1. The Morgan fingerprint density at radius 3 is 2.46 bits per heavy atom. The summed E-state index contributed by atoms with van der Waals surface area (Å²) in [6.07, 6.45) is 2.04. The van der Waals surface area contributed by atoms with Gasteiger partial charge >= 0.3 is 5.97 Å². The quantitative estimate of drug-likeness (QED) is 0.720. The molecule has 1 aliphatic rings. The smallest absolute Gasteiger partial charge is 0.336 e. The predicted molar refractivity (Wildman–Crippen MR) is 105 cm³/mol. The highest BCUT2D eigenvalue weighted by atomic mass is 16.4. The summed E-state index contributed by atoms with van der Waals surface area (Å²) in [5.41, 5.74) is 3.22. The molecule has 0 atom stereocenters. The largest absolute Gasteiger partial charge is 0.478 e. The summed E-state index contributed by atoms with van der Waals surface area (Å²) < 4.78 is 5.58. The van der Waals surface area contributed by atoms with Gasteiger partial charge in [0.2, 0.25) is 11.8 Å². The van der Waals surface area contributed by atoms with Crippen molar-refractivity contribution < 1.29 is 14.3 Å². The third-order valence-electron chi connectivity index (χ3n) is 5.31. The molecule has 3 aromatic rings. The van der Waals surface area contributed by atoms with Crippen LogP contribution in [0.2, 0.25) is 0 Å². The van der Waals surface area contributed by atoms with E-state index in [0.29, 0.717) is 17.4 Å². The Hall–Kier alpha value is -2.99. The van der Waals surface area contributed by atoms with Gasteiger partial charge in [0.05, 0.1) is 5.56 Å². The molecular weight excluding hydrogens is 354 g/mol. The molecule has 0 radical (unpaired) electrons. The maximum atomic E-state index is 11.4. The number of likely N-dealkylation sites (tertiary alicyclic amines) is 1. The van der Waals surface area contributed by atoms with Crippen molar-refractivity contribution in [3.05, 3.63) is 71.4 Å². The molecule has 1 fully saturated rings. The van der Waals surface area contributed by atoms with Gasteiger partial charge in [0.1, 0.15) is 0 Å². The molecule has 0 bridgehead atoms. The average Bonchev–Trinajstić information content (AvgIpc) is 3.15. The van der Waals surface area contributed by atoms with E-state index in [1.165, 1.54) is 5.56 Å². The lowest BCUT2D eigenvalue weighted by atomic mass is 9.96. The minimum Gasteiger partial charge on any atom is -0.478 e. The first-order chi connectivity index (χ1) is 13.6. The minimum absolute atomic E-state index is 0.327. The summed E-state index contributed by atoms with van der Waals surface area (Å²) in [5.74, 6) is 0.840. The first-order valence-corrected chi connectivity index (χ1v) is 9.54. The standard InChI is InChI=1S/C22H23N3O3/c1-15-23-24-21(28-15)18-10-12-25(13-11-18)14-16-6-8-17(9-7-16)19-4-2-3-5-20(19)22(26)27/h2-9,18H,10-14H2,1H3,(H,26,27). The van der Waals surface area contributed by atoms with E-state index >= 15 is 0 Å². The van der Waals surface area contributed by atoms with E-state index in [-0.39, 0.29) is 0 Å². The summed E-state index contributed by atoms with van der Waals surface area (Å²) in [4.78, 5) is 13.9. The second kappa shape index (κ2) is 7.94. The topological polar surface area (TPSA) is 79.5 Å². The molecule has 1 aromatic heterocycles. The van der Waals surface area contributed by atoms with Crippen LogP contribution in [0.3, 0.4) is 0 Å². The van der Waals surface area contributed by atoms with E-state index in [1.54, 1.807) is 12.1 Å². The second-order valence-electron chi connectivity index (χ2n) is 7.26. The van der Waals surface area contributed by atoms with E-state index in [9.17, 15) is 9.90 Å². The Balaban J connectivity index is 1.39. The van der Waals surface area contributed by atoms with E-state index in [4.69, 9.17) is 4.42 Å². The molecule has 0 unspecified atom stereocenters. The minimum atomic E-state index is -0.904. The van der Waals surface area contributed by atoms with Gasteiger partial charge in [0.15, 0.2) is 0 Å². The molecule has 1 saturated heterocycles. The third-order valence-corrected chi connectivity index (χ3v) is 5.31. The highest BCUT2D eigenvalue weighted by Crippen LogP contribution is 2.28. The third kappa shape index (κ3) is 3.97. The molecule has 1 aliphatic heterocycles. The van der Waals surface area contributed by atoms with Crippen LogP contribution < -0.4 is 0 Å². The van der Waals surface area contributed by atoms with Crippen LogP contribution in [-0.2, 0) is 6.54 Å². The molecule has 28 heavy (non-hydrogen) atoms. The summed E-state index contributed by atoms with van der Waals surface area (Å²) in [6, 6.07) is 15.3. The average molecular weight is 377 g/mol. The predicted octanol–water partition coefficient (Wildman–Crippen LogP) is 4.12. The summed E-state index contributed by atoms with van der Waals surface area (Å²) in [7, 11) is 0. The van der Waals surface area contributed by atoms with Crippen LogP contribution >= 0.6 is 0 Å². The SMILES string of the molecule is Cc1nnc(C2CCN(Cc3ccc(-c4ccccc4C(=O)O)cc3)CC2)o1. The van der Waals surface area contributed by atoms with Crippen molar-refractivity contribution in [2.24, 2.45) is 0 Å². The number of aromatic nitrogens is 2. The number of carboxylic acids is 1. The van der Waals surface area contributed by atoms with E-state index in [0.717, 1.165) is 49.5 Å². The van der Waals surface area contributed by atoms with Gasteiger partial charge in [-0.05, 0) is 48.7 Å². The molecular formula is C22H23N3O3. The van der Waals surface area contributed by atoms with Crippen LogP contribution in [0, 0.1) is 6.92 Å². The van der Waals surface area contributed by atoms with Crippen molar-refractivity contribution in [2.75, 3.05) is 13.1 Å². The lowest BCUT2D eigenvalue weighted by Crippen LogP contribution is -2.32. The number of benzene rings is 2. The molecule has 4 rings (SSSR count). The van der Waals surface area contributed by atoms with Gasteiger partial charge in [-0.25, -0.2) is 4.79 Å². The van der Waals surface area contributed by atoms with Gasteiger partial charge < -0.3 is 9.52 Å². The van der Waals surface area contributed by atoms with Crippen LogP contribution in [0.5, 0.6) is 0 Å². The Morgan fingerprint density at radius 2 is 1.82 bits per heavy atom. The zero-order chi connectivity index (χ0) is 19.5. The number of hydrogen-bond acceptors (Lipinski definition) is 5. The first-order valence-electron chi connectivity index (χ1n) is 9.54. The highest BCUT2D eigenvalue weighted by molar-refractivity contribution is 5.95. The van der Waals surface area contributed by atoms with E-state index in [2.05, 4.69) is 27.2 Å². The number of hydrogen-bond donors (Lipinski definition) is 1. The normalized spacial score (nSPS) is 15.6. The van der Waals surface area contributed by atoms with Gasteiger partial charge in [-0.1, -0.05) is 42.5 Å². The maximum Gasteiger partial charge on any atom is 0.336 e. The van der Waals surface area contributed by atoms with Crippen molar-refractivity contribution >= 4 is 5.97 Å². The molecule has 1 N–H and O–H groups in total. The van der Waals surface area contributed by atoms with Crippen molar-refractivity contribution in [3.63, 3.8) is 0 Å². The second-order valence-corrected chi connectivity index (χ2v) is 7.26. The van der Waals surface area contributed by atoms with Crippen LogP contribution in [0.25, 0.3) is 11.1 Å². The molecule has 6 heteroatoms. The number of piperidine rings is 1. The Kier molecular flexibility index (Phi) is 5.21. The monoisotopic (exact) mass is 377 g/mol. The van der Waals surface area contributed by atoms with Crippen LogP contribution in [0.1, 0.15) is 46.5 Å². The van der Waals surface area contributed by atoms with Crippen molar-refractivity contribution in [2.45, 2.75) is 32.2 Å². The van der Waals surface area contributed by atoms with Gasteiger partial charge in [0.25, 0.3) is 0 Å². The summed E-state index contributed by atoms with van der Waals surface area (Å²) in [6.45, 7) is 4.70. The van der Waals surface area contributed by atoms with Gasteiger partial charge in [-0.15, -0.1) is 10.2 Å². The zero-order valence-electron chi connectivity index (χ0n) is 15.8. The molecule has 2 heterocycles. The molecule has 144 valence electrons. The Bertz CT molecular complexity index is 957. The van der Waals surface area contributed by atoms with Crippen molar-refractivity contribution in [3.8, 4) is 11.1 Å². The molecule has 6 nitrogen and oxygen atoms in total. The summed E-state index contributed by atoms with van der Waals surface area (Å²) >= 11 is 0. The van der Waals surface area contributed by atoms with E-state index in [1.807, 2.05) is 31.2 Å². The van der Waals surface area contributed by atoms with Gasteiger partial charge in [-0.3, -0.25) is 4.90 Å². The number of aromatic carboxylic acids is 1. The van der Waals surface area contributed by atoms with Crippen LogP contribution in [0.15, 0.2) is 52.9 Å². The lowest BCUT2D eigenvalue weighted by Gasteiger charge is -2.30. The van der Waals surface area contributed by atoms with Gasteiger partial charge in [-0.2, -0.15) is 0 Å². The van der Waals surface area contributed by atoms with Gasteiger partial charge in [0, 0.05) is 19.4 Å². The fraction of sp³-hybridized carbons (Fsp3) is 0.318. The highest BCUT2D eigenvalue weighted by Gasteiger charge is 2.24. The Labute approximate surface area is 163 Å². The van der Waals surface area contributed by atoms with E-state index < -0.39 is 5.97 Å². The molecule has 2 aromatic carbocycles. The number of rotatable bonds is 5. The zero-order valence-corrected chi connectivity index (χ0v) is 15.8. The fourth-order valence-electron chi connectivity index (χ4n) is 3.78. The van der Waals surface area contributed by atoms with Crippen molar-refractivity contribution in [1.82, 2.24) is 15.1 Å². The Morgan fingerprint density at radius 1 is 1.11 bits per heavy atom. The first kappa shape index (κ1) is 18.4. The molecule has 0 amide bonds.